The topological polar surface area (TPSA) is 72.9 Å². The van der Waals surface area contributed by atoms with Crippen LogP contribution >= 0.6 is 0 Å². The Morgan fingerprint density at radius 2 is 1.75 bits per heavy atom. The number of piperazine rings is 1. The summed E-state index contributed by atoms with van der Waals surface area (Å²) in [5, 5.41) is 11.4. The number of amides is 1. The van der Waals surface area contributed by atoms with Crippen LogP contribution in [0.3, 0.4) is 0 Å². The fourth-order valence-corrected chi connectivity index (χ4v) is 2.47. The molecule has 20 heavy (non-hydrogen) atoms. The first kappa shape index (κ1) is 16.9. The molecule has 0 aromatic heterocycles. The predicted octanol–water partition coefficient (Wildman–Crippen LogP) is 0.239. The average Bonchev–Trinajstić information content (AvgIpc) is 2.38. The van der Waals surface area contributed by atoms with Crippen LogP contribution in [0, 0.1) is 5.92 Å². The van der Waals surface area contributed by atoms with Crippen LogP contribution in [0.2, 0.25) is 0 Å². The van der Waals surface area contributed by atoms with E-state index >= 15 is 0 Å². The molecule has 1 atom stereocenters. The van der Waals surface area contributed by atoms with Crippen LogP contribution in [-0.2, 0) is 9.59 Å². The van der Waals surface area contributed by atoms with E-state index in [1.165, 1.54) is 0 Å². The zero-order chi connectivity index (χ0) is 15.1. The Hall–Kier alpha value is -1.14. The molecular weight excluding hydrogens is 258 g/mol. The number of nitrogens with one attached hydrogen (secondary N) is 1. The molecule has 2 N–H and O–H groups in total. The van der Waals surface area contributed by atoms with Gasteiger partial charge < -0.3 is 15.3 Å². The summed E-state index contributed by atoms with van der Waals surface area (Å²) in [6, 6.07) is 0.317. The van der Waals surface area contributed by atoms with Crippen LogP contribution in [0.25, 0.3) is 0 Å². The standard InChI is InChI=1S/C14H27N3O3/c1-11(2)12(17-8-6-16(3)7-9-17)10-15-13(18)4-5-14(19)20/h11-12H,4-10H2,1-3H3,(H,15,18)(H,19,20). The molecule has 1 aliphatic rings. The lowest BCUT2D eigenvalue weighted by atomic mass is 10.0. The van der Waals surface area contributed by atoms with E-state index in [9.17, 15) is 9.59 Å². The van der Waals surface area contributed by atoms with Crippen molar-refractivity contribution in [3.05, 3.63) is 0 Å². The van der Waals surface area contributed by atoms with Gasteiger partial charge >= 0.3 is 5.97 Å². The first-order chi connectivity index (χ1) is 9.40. The lowest BCUT2D eigenvalue weighted by Gasteiger charge is -2.39. The SMILES string of the molecule is CC(C)C(CNC(=O)CCC(=O)O)N1CCN(C)CC1. The van der Waals surface area contributed by atoms with Gasteiger partial charge in [0.2, 0.25) is 5.91 Å². The zero-order valence-corrected chi connectivity index (χ0v) is 12.8. The lowest BCUT2D eigenvalue weighted by molar-refractivity contribution is -0.138. The minimum atomic E-state index is -0.931. The number of nitrogens with zero attached hydrogens (tertiary/aromatic N) is 2. The van der Waals surface area contributed by atoms with Gasteiger partial charge in [-0.15, -0.1) is 0 Å². The van der Waals surface area contributed by atoms with Gasteiger partial charge in [-0.2, -0.15) is 0 Å². The number of aliphatic carboxylic acids is 1. The van der Waals surface area contributed by atoms with Crippen LogP contribution < -0.4 is 5.32 Å². The maximum absolute atomic E-state index is 11.6. The minimum absolute atomic E-state index is 0.0584. The summed E-state index contributed by atoms with van der Waals surface area (Å²) in [4.78, 5) is 26.8. The third kappa shape index (κ3) is 5.88. The van der Waals surface area contributed by atoms with Crippen molar-refractivity contribution in [2.24, 2.45) is 5.92 Å². The number of carbonyl (C=O) groups excluding carboxylic acids is 1. The highest BCUT2D eigenvalue weighted by molar-refractivity contribution is 5.80. The number of carboxylic acids is 1. The maximum Gasteiger partial charge on any atom is 0.303 e. The van der Waals surface area contributed by atoms with Crippen molar-refractivity contribution in [2.45, 2.75) is 32.7 Å². The van der Waals surface area contributed by atoms with Gasteiger partial charge in [0.25, 0.3) is 0 Å². The highest BCUT2D eigenvalue weighted by Crippen LogP contribution is 2.12. The summed E-state index contributed by atoms with van der Waals surface area (Å²) >= 11 is 0. The van der Waals surface area contributed by atoms with E-state index in [4.69, 9.17) is 5.11 Å². The number of carbonyl (C=O) groups is 2. The van der Waals surface area contributed by atoms with E-state index in [1.807, 2.05) is 0 Å². The Labute approximate surface area is 121 Å². The Bertz CT molecular complexity index is 326. The van der Waals surface area contributed by atoms with Gasteiger partial charge in [0.1, 0.15) is 0 Å². The fourth-order valence-electron chi connectivity index (χ4n) is 2.47. The molecule has 1 unspecified atom stereocenters. The highest BCUT2D eigenvalue weighted by Gasteiger charge is 2.25. The molecule has 0 bridgehead atoms. The monoisotopic (exact) mass is 285 g/mol. The number of hydrogen-bond donors (Lipinski definition) is 2. The van der Waals surface area contributed by atoms with Crippen LogP contribution in [0.1, 0.15) is 26.7 Å². The Morgan fingerprint density at radius 3 is 2.25 bits per heavy atom. The Morgan fingerprint density at radius 1 is 1.15 bits per heavy atom. The van der Waals surface area contributed by atoms with E-state index in [0.717, 1.165) is 26.2 Å². The molecule has 1 aliphatic heterocycles. The van der Waals surface area contributed by atoms with Crippen molar-refractivity contribution in [1.82, 2.24) is 15.1 Å². The third-order valence-corrected chi connectivity index (χ3v) is 3.85. The molecule has 0 saturated carbocycles. The molecule has 0 spiro atoms. The molecule has 116 valence electrons. The average molecular weight is 285 g/mol. The summed E-state index contributed by atoms with van der Waals surface area (Å²) in [6.45, 7) is 9.06. The maximum atomic E-state index is 11.6. The molecule has 0 aromatic rings. The third-order valence-electron chi connectivity index (χ3n) is 3.85. The van der Waals surface area contributed by atoms with E-state index < -0.39 is 5.97 Å². The predicted molar refractivity (Wildman–Crippen MR) is 77.6 cm³/mol. The van der Waals surface area contributed by atoms with Gasteiger partial charge in [0.05, 0.1) is 6.42 Å². The van der Waals surface area contributed by atoms with Crippen molar-refractivity contribution in [1.29, 1.82) is 0 Å². The Kier molecular flexibility index (Phi) is 6.95. The molecule has 1 saturated heterocycles. The van der Waals surface area contributed by atoms with E-state index in [1.54, 1.807) is 0 Å². The van der Waals surface area contributed by atoms with Crippen LogP contribution in [0.5, 0.6) is 0 Å². The second kappa shape index (κ2) is 8.21. The first-order valence-corrected chi connectivity index (χ1v) is 7.31. The van der Waals surface area contributed by atoms with E-state index in [0.29, 0.717) is 18.5 Å². The smallest absolute Gasteiger partial charge is 0.303 e. The Balaban J connectivity index is 2.39. The van der Waals surface area contributed by atoms with Gasteiger partial charge in [-0.05, 0) is 13.0 Å². The number of carboxylic acid groups (broad SMARTS) is 1. The number of rotatable bonds is 7. The van der Waals surface area contributed by atoms with Gasteiger partial charge in [0, 0.05) is 45.2 Å². The van der Waals surface area contributed by atoms with Crippen molar-refractivity contribution < 1.29 is 14.7 Å². The number of likely N-dealkylation sites (N-methyl/N-ethyl adjacent to an activating group) is 1. The quantitative estimate of drug-likeness (QED) is 0.701. The summed E-state index contributed by atoms with van der Waals surface area (Å²) in [5.41, 5.74) is 0. The largest absolute Gasteiger partial charge is 0.481 e. The van der Waals surface area contributed by atoms with Gasteiger partial charge in [-0.1, -0.05) is 13.8 Å². The van der Waals surface area contributed by atoms with Crippen molar-refractivity contribution in [3.8, 4) is 0 Å². The summed E-state index contributed by atoms with van der Waals surface area (Å²) in [5.74, 6) is -0.648. The molecule has 1 amide bonds. The summed E-state index contributed by atoms with van der Waals surface area (Å²) < 4.78 is 0. The molecule has 0 aliphatic carbocycles. The zero-order valence-electron chi connectivity index (χ0n) is 12.8. The molecule has 1 fully saturated rings. The molecule has 6 nitrogen and oxygen atoms in total. The lowest BCUT2D eigenvalue weighted by Crippen LogP contribution is -2.54. The van der Waals surface area contributed by atoms with E-state index in [-0.39, 0.29) is 18.7 Å². The second-order valence-corrected chi connectivity index (χ2v) is 5.85. The van der Waals surface area contributed by atoms with E-state index in [2.05, 4.69) is 36.0 Å². The second-order valence-electron chi connectivity index (χ2n) is 5.85. The van der Waals surface area contributed by atoms with Gasteiger partial charge in [-0.3, -0.25) is 14.5 Å². The molecule has 6 heteroatoms. The first-order valence-electron chi connectivity index (χ1n) is 7.31. The van der Waals surface area contributed by atoms with Gasteiger partial charge in [-0.25, -0.2) is 0 Å². The molecular formula is C14H27N3O3. The van der Waals surface area contributed by atoms with Crippen molar-refractivity contribution in [2.75, 3.05) is 39.8 Å². The van der Waals surface area contributed by atoms with Gasteiger partial charge in [0.15, 0.2) is 0 Å². The normalized spacial score (nSPS) is 19.0. The highest BCUT2D eigenvalue weighted by atomic mass is 16.4. The fraction of sp³-hybridized carbons (Fsp3) is 0.857. The van der Waals surface area contributed by atoms with Crippen molar-refractivity contribution in [3.63, 3.8) is 0 Å². The number of hydrogen-bond acceptors (Lipinski definition) is 4. The van der Waals surface area contributed by atoms with Crippen LogP contribution in [0.4, 0.5) is 0 Å². The molecule has 1 rings (SSSR count). The minimum Gasteiger partial charge on any atom is -0.481 e. The van der Waals surface area contributed by atoms with Crippen LogP contribution in [-0.4, -0.2) is 72.6 Å². The molecule has 0 aromatic carbocycles. The van der Waals surface area contributed by atoms with Crippen LogP contribution in [0.15, 0.2) is 0 Å². The molecule has 0 radical (unpaired) electrons. The molecule has 1 heterocycles. The summed E-state index contributed by atoms with van der Waals surface area (Å²) in [6.07, 6.45) is -0.0461. The van der Waals surface area contributed by atoms with Crippen molar-refractivity contribution >= 4 is 11.9 Å². The summed E-state index contributed by atoms with van der Waals surface area (Å²) in [7, 11) is 2.12.